The number of nitrogens with zero attached hydrogens (tertiary/aromatic N) is 1. The summed E-state index contributed by atoms with van der Waals surface area (Å²) in [6, 6.07) is 10.4. The van der Waals surface area contributed by atoms with E-state index in [4.69, 9.17) is 5.73 Å². The van der Waals surface area contributed by atoms with Gasteiger partial charge in [0, 0.05) is 23.3 Å². The zero-order valence-corrected chi connectivity index (χ0v) is 11.4. The van der Waals surface area contributed by atoms with E-state index in [0.29, 0.717) is 5.56 Å². The number of nitrogens with two attached hydrogens (primary N) is 1. The van der Waals surface area contributed by atoms with Crippen molar-refractivity contribution in [1.82, 2.24) is 4.98 Å². The Morgan fingerprint density at radius 2 is 2.00 bits per heavy atom. The zero-order chi connectivity index (χ0) is 15.0. The second-order valence-electron chi connectivity index (χ2n) is 4.88. The maximum Gasteiger partial charge on any atom is 0.252 e. The lowest BCUT2D eigenvalue weighted by atomic mass is 9.91. The number of carbonyl (C=O) groups is 1. The molecule has 0 aliphatic carbocycles. The van der Waals surface area contributed by atoms with Gasteiger partial charge < -0.3 is 5.73 Å². The lowest BCUT2D eigenvalue weighted by molar-refractivity contribution is 0.0997. The number of hydrogen-bond donors (Lipinski definition) is 1. The summed E-state index contributed by atoms with van der Waals surface area (Å²) in [6.45, 7) is 1.83. The first-order chi connectivity index (χ1) is 10.1. The highest BCUT2D eigenvalue weighted by molar-refractivity contribution is 6.06. The average Bonchev–Trinajstić information content (AvgIpc) is 2.48. The summed E-state index contributed by atoms with van der Waals surface area (Å²) in [7, 11) is 0. The molecule has 0 aliphatic heterocycles. The van der Waals surface area contributed by atoms with Crippen LogP contribution >= 0.6 is 0 Å². The highest BCUT2D eigenvalue weighted by Crippen LogP contribution is 2.34. The van der Waals surface area contributed by atoms with Gasteiger partial charge in [0.15, 0.2) is 0 Å². The highest BCUT2D eigenvalue weighted by Gasteiger charge is 2.19. The number of pyridine rings is 1. The molecule has 0 radical (unpaired) electrons. The molecular formula is C17H13FN2O. The number of hydrogen-bond acceptors (Lipinski definition) is 2. The SMILES string of the molecule is Cc1ccc(F)c(C(N)=O)c1-c1cccc2cnccc12. The van der Waals surface area contributed by atoms with Crippen molar-refractivity contribution in [2.75, 3.05) is 0 Å². The summed E-state index contributed by atoms with van der Waals surface area (Å²) < 4.78 is 14.1. The second-order valence-corrected chi connectivity index (χ2v) is 4.88. The molecule has 21 heavy (non-hydrogen) atoms. The van der Waals surface area contributed by atoms with Gasteiger partial charge in [-0.1, -0.05) is 24.3 Å². The molecule has 1 amide bonds. The monoisotopic (exact) mass is 280 g/mol. The van der Waals surface area contributed by atoms with Crippen molar-refractivity contribution in [2.45, 2.75) is 6.92 Å². The smallest absolute Gasteiger partial charge is 0.252 e. The fraction of sp³-hybridized carbons (Fsp3) is 0.0588. The van der Waals surface area contributed by atoms with Gasteiger partial charge in [-0.3, -0.25) is 9.78 Å². The Labute approximate surface area is 121 Å². The number of primary amides is 1. The zero-order valence-electron chi connectivity index (χ0n) is 11.4. The first kappa shape index (κ1) is 13.2. The van der Waals surface area contributed by atoms with E-state index >= 15 is 0 Å². The van der Waals surface area contributed by atoms with E-state index in [1.165, 1.54) is 6.07 Å². The van der Waals surface area contributed by atoms with E-state index in [9.17, 15) is 9.18 Å². The van der Waals surface area contributed by atoms with Gasteiger partial charge in [-0.05, 0) is 35.6 Å². The molecule has 3 nitrogen and oxygen atoms in total. The van der Waals surface area contributed by atoms with Crippen LogP contribution in [-0.4, -0.2) is 10.9 Å². The maximum absolute atomic E-state index is 14.1. The van der Waals surface area contributed by atoms with Crippen LogP contribution in [0.25, 0.3) is 21.9 Å². The van der Waals surface area contributed by atoms with Crippen molar-refractivity contribution < 1.29 is 9.18 Å². The first-order valence-corrected chi connectivity index (χ1v) is 6.51. The fourth-order valence-corrected chi connectivity index (χ4v) is 2.61. The van der Waals surface area contributed by atoms with Gasteiger partial charge in [-0.2, -0.15) is 0 Å². The fourth-order valence-electron chi connectivity index (χ4n) is 2.61. The number of fused-ring (bicyclic) bond motifs is 1. The molecule has 0 saturated heterocycles. The normalized spacial score (nSPS) is 10.8. The summed E-state index contributed by atoms with van der Waals surface area (Å²) in [5, 5.41) is 1.83. The molecule has 1 aromatic heterocycles. The van der Waals surface area contributed by atoms with Crippen LogP contribution in [0.4, 0.5) is 4.39 Å². The van der Waals surface area contributed by atoms with E-state index in [-0.39, 0.29) is 5.56 Å². The van der Waals surface area contributed by atoms with Crippen molar-refractivity contribution in [3.05, 3.63) is 65.7 Å². The minimum absolute atomic E-state index is 0.0701. The molecule has 2 N–H and O–H groups in total. The van der Waals surface area contributed by atoms with E-state index in [0.717, 1.165) is 21.9 Å². The molecule has 0 aliphatic rings. The van der Waals surface area contributed by atoms with Crippen molar-refractivity contribution >= 4 is 16.7 Å². The summed E-state index contributed by atoms with van der Waals surface area (Å²) in [6.07, 6.45) is 3.40. The quantitative estimate of drug-likeness (QED) is 0.781. The molecule has 0 bridgehead atoms. The Bertz CT molecular complexity index is 853. The average molecular weight is 280 g/mol. The molecule has 3 rings (SSSR count). The molecule has 0 unspecified atom stereocenters. The second kappa shape index (κ2) is 4.98. The first-order valence-electron chi connectivity index (χ1n) is 6.51. The number of amides is 1. The highest BCUT2D eigenvalue weighted by atomic mass is 19.1. The van der Waals surface area contributed by atoms with Gasteiger partial charge in [0.2, 0.25) is 0 Å². The molecule has 3 aromatic rings. The predicted molar refractivity (Wildman–Crippen MR) is 80.4 cm³/mol. The van der Waals surface area contributed by atoms with Crippen LogP contribution in [0.15, 0.2) is 48.8 Å². The Hall–Kier alpha value is -2.75. The Kier molecular flexibility index (Phi) is 3.14. The summed E-state index contributed by atoms with van der Waals surface area (Å²) in [5.41, 5.74) is 7.42. The third-order valence-electron chi connectivity index (χ3n) is 3.56. The van der Waals surface area contributed by atoms with Crippen LogP contribution < -0.4 is 5.73 Å². The molecule has 1 heterocycles. The third-order valence-corrected chi connectivity index (χ3v) is 3.56. The molecule has 2 aromatic carbocycles. The Morgan fingerprint density at radius 3 is 2.76 bits per heavy atom. The topological polar surface area (TPSA) is 56.0 Å². The summed E-state index contributed by atoms with van der Waals surface area (Å²) in [4.78, 5) is 15.8. The number of rotatable bonds is 2. The van der Waals surface area contributed by atoms with Crippen molar-refractivity contribution in [2.24, 2.45) is 5.73 Å². The number of aromatic nitrogens is 1. The minimum atomic E-state index is -0.766. The van der Waals surface area contributed by atoms with Gasteiger partial charge in [-0.25, -0.2) is 4.39 Å². The van der Waals surface area contributed by atoms with Crippen molar-refractivity contribution in [3.8, 4) is 11.1 Å². The standard InChI is InChI=1S/C17H13FN2O/c1-10-5-6-14(18)16(17(19)21)15(10)13-4-2-3-11-9-20-8-7-12(11)13/h2-9H,1H3,(H2,19,21). The number of aryl methyl sites for hydroxylation is 1. The third kappa shape index (κ3) is 2.14. The molecule has 0 spiro atoms. The van der Waals surface area contributed by atoms with E-state index in [2.05, 4.69) is 4.98 Å². The molecule has 0 saturated carbocycles. The molecule has 0 atom stereocenters. The molecule has 0 fully saturated rings. The lowest BCUT2D eigenvalue weighted by Gasteiger charge is -2.14. The number of carbonyl (C=O) groups excluding carboxylic acids is 1. The van der Waals surface area contributed by atoms with Crippen LogP contribution in [0.3, 0.4) is 0 Å². The van der Waals surface area contributed by atoms with E-state index in [1.807, 2.05) is 31.2 Å². The number of benzene rings is 2. The van der Waals surface area contributed by atoms with Gasteiger partial charge in [0.05, 0.1) is 5.56 Å². The predicted octanol–water partition coefficient (Wildman–Crippen LogP) is 3.45. The largest absolute Gasteiger partial charge is 0.365 e. The van der Waals surface area contributed by atoms with Gasteiger partial charge >= 0.3 is 0 Å². The van der Waals surface area contributed by atoms with Crippen LogP contribution in [0.5, 0.6) is 0 Å². The number of halogens is 1. The summed E-state index contributed by atoms with van der Waals surface area (Å²) >= 11 is 0. The van der Waals surface area contributed by atoms with Crippen LogP contribution in [0.1, 0.15) is 15.9 Å². The van der Waals surface area contributed by atoms with E-state index < -0.39 is 11.7 Å². The van der Waals surface area contributed by atoms with Crippen LogP contribution in [-0.2, 0) is 0 Å². The van der Waals surface area contributed by atoms with Crippen molar-refractivity contribution in [1.29, 1.82) is 0 Å². The van der Waals surface area contributed by atoms with Gasteiger partial charge in [0.25, 0.3) is 5.91 Å². The van der Waals surface area contributed by atoms with Crippen LogP contribution in [0, 0.1) is 12.7 Å². The van der Waals surface area contributed by atoms with Crippen LogP contribution in [0.2, 0.25) is 0 Å². The minimum Gasteiger partial charge on any atom is -0.365 e. The Morgan fingerprint density at radius 1 is 1.19 bits per heavy atom. The molecule has 104 valence electrons. The van der Waals surface area contributed by atoms with Crippen molar-refractivity contribution in [3.63, 3.8) is 0 Å². The van der Waals surface area contributed by atoms with Gasteiger partial charge in [0.1, 0.15) is 5.82 Å². The Balaban J connectivity index is 2.44. The summed E-state index contributed by atoms with van der Waals surface area (Å²) in [5.74, 6) is -1.37. The van der Waals surface area contributed by atoms with Gasteiger partial charge in [-0.15, -0.1) is 0 Å². The molecule has 4 heteroatoms. The lowest BCUT2D eigenvalue weighted by Crippen LogP contribution is -2.15. The maximum atomic E-state index is 14.1. The van der Waals surface area contributed by atoms with E-state index in [1.54, 1.807) is 18.5 Å². The molecular weight excluding hydrogens is 267 g/mol.